The molecule has 9 heteroatoms. The van der Waals surface area contributed by atoms with Crippen molar-refractivity contribution in [3.05, 3.63) is 89.9 Å². The fourth-order valence-corrected chi connectivity index (χ4v) is 3.87. The maximum absolute atomic E-state index is 13.2. The SMILES string of the molecule is CC(C)C[C@H](NC(=O)c1ccc(F)cc1)C(=O)CC(=O)C(N)(N)C(=O)Cc1cccc(-c2ccccn2)c1. The highest BCUT2D eigenvalue weighted by atomic mass is 19.1. The van der Waals surface area contributed by atoms with E-state index in [4.69, 9.17) is 11.5 Å². The molecule has 0 aliphatic carbocycles. The van der Waals surface area contributed by atoms with Crippen LogP contribution in [0, 0.1) is 11.7 Å². The molecule has 0 saturated carbocycles. The molecule has 198 valence electrons. The van der Waals surface area contributed by atoms with Crippen LogP contribution in [0.25, 0.3) is 11.3 Å². The van der Waals surface area contributed by atoms with Crippen molar-refractivity contribution in [3.63, 3.8) is 0 Å². The summed E-state index contributed by atoms with van der Waals surface area (Å²) in [4.78, 5) is 55.8. The molecule has 0 spiro atoms. The number of carbonyl (C=O) groups is 4. The molecule has 8 nitrogen and oxygen atoms in total. The lowest BCUT2D eigenvalue weighted by Gasteiger charge is -2.24. The van der Waals surface area contributed by atoms with E-state index in [1.54, 1.807) is 30.5 Å². The molecule has 1 amide bonds. The van der Waals surface area contributed by atoms with Crippen molar-refractivity contribution >= 4 is 23.3 Å². The van der Waals surface area contributed by atoms with Gasteiger partial charge in [-0.25, -0.2) is 4.39 Å². The van der Waals surface area contributed by atoms with E-state index < -0.39 is 47.2 Å². The topological polar surface area (TPSA) is 145 Å². The summed E-state index contributed by atoms with van der Waals surface area (Å²) in [7, 11) is 0. The van der Waals surface area contributed by atoms with Gasteiger partial charge in [0.1, 0.15) is 5.82 Å². The number of hydrogen-bond acceptors (Lipinski definition) is 7. The Morgan fingerprint density at radius 1 is 0.947 bits per heavy atom. The largest absolute Gasteiger partial charge is 0.342 e. The molecular weight excluding hydrogens is 487 g/mol. The quantitative estimate of drug-likeness (QED) is 0.247. The monoisotopic (exact) mass is 518 g/mol. The first-order valence-corrected chi connectivity index (χ1v) is 12.2. The van der Waals surface area contributed by atoms with Crippen molar-refractivity contribution in [1.29, 1.82) is 0 Å². The van der Waals surface area contributed by atoms with E-state index in [1.807, 2.05) is 32.0 Å². The smallest absolute Gasteiger partial charge is 0.251 e. The van der Waals surface area contributed by atoms with Gasteiger partial charge in [-0.2, -0.15) is 0 Å². The number of pyridine rings is 1. The Morgan fingerprint density at radius 3 is 2.29 bits per heavy atom. The number of hydrogen-bond donors (Lipinski definition) is 3. The molecule has 0 bridgehead atoms. The first-order valence-electron chi connectivity index (χ1n) is 12.2. The van der Waals surface area contributed by atoms with Gasteiger partial charge in [0.25, 0.3) is 5.91 Å². The molecule has 2 aromatic carbocycles. The van der Waals surface area contributed by atoms with Crippen molar-refractivity contribution in [2.45, 2.75) is 44.8 Å². The van der Waals surface area contributed by atoms with Gasteiger partial charge in [-0.3, -0.25) is 24.2 Å². The van der Waals surface area contributed by atoms with Gasteiger partial charge in [0.15, 0.2) is 23.0 Å². The summed E-state index contributed by atoms with van der Waals surface area (Å²) in [6, 6.07) is 16.4. The molecule has 0 aliphatic heterocycles. The van der Waals surface area contributed by atoms with Crippen molar-refractivity contribution in [2.24, 2.45) is 17.4 Å². The zero-order valence-electron chi connectivity index (χ0n) is 21.3. The average molecular weight is 519 g/mol. The van der Waals surface area contributed by atoms with Crippen LogP contribution in [0.3, 0.4) is 0 Å². The Kier molecular flexibility index (Phi) is 9.33. The number of Topliss-reactive ketones (excluding diaryl/α,β-unsaturated/α-hetero) is 3. The number of amides is 1. The van der Waals surface area contributed by atoms with E-state index in [9.17, 15) is 23.6 Å². The van der Waals surface area contributed by atoms with Gasteiger partial charge in [0, 0.05) is 23.7 Å². The highest BCUT2D eigenvalue weighted by molar-refractivity contribution is 6.17. The van der Waals surface area contributed by atoms with Crippen LogP contribution in [-0.4, -0.2) is 39.9 Å². The maximum Gasteiger partial charge on any atom is 0.251 e. The number of nitrogens with two attached hydrogens (primary N) is 2. The van der Waals surface area contributed by atoms with Gasteiger partial charge in [0.05, 0.1) is 18.2 Å². The number of rotatable bonds is 12. The summed E-state index contributed by atoms with van der Waals surface area (Å²) in [6.45, 7) is 3.70. The number of halogens is 1. The van der Waals surface area contributed by atoms with Gasteiger partial charge in [-0.1, -0.05) is 38.1 Å². The Balaban J connectivity index is 1.68. The van der Waals surface area contributed by atoms with Crippen LogP contribution < -0.4 is 16.8 Å². The van der Waals surface area contributed by atoms with E-state index in [0.717, 1.165) is 17.7 Å². The standard InChI is InChI=1S/C29H31FN4O4/c1-18(2)14-24(34-28(38)20-9-11-22(30)12-10-20)25(35)17-27(37)29(31,32)26(36)16-19-6-5-7-21(15-19)23-8-3-4-13-33-23/h3-13,15,18,24H,14,16-17,31-32H2,1-2H3,(H,34,38)/t24-/m0/s1. The van der Waals surface area contributed by atoms with Crippen LogP contribution in [0.15, 0.2) is 72.9 Å². The zero-order chi connectivity index (χ0) is 27.9. The maximum atomic E-state index is 13.2. The minimum Gasteiger partial charge on any atom is -0.342 e. The lowest BCUT2D eigenvalue weighted by atomic mass is 9.89. The third kappa shape index (κ3) is 7.47. The molecule has 0 saturated heterocycles. The van der Waals surface area contributed by atoms with Crippen LogP contribution in [0.1, 0.15) is 42.6 Å². The third-order valence-corrected chi connectivity index (χ3v) is 6.02. The zero-order valence-corrected chi connectivity index (χ0v) is 21.3. The van der Waals surface area contributed by atoms with Crippen LogP contribution in [0.2, 0.25) is 0 Å². The molecule has 3 aromatic rings. The number of ketones is 3. The molecule has 0 aliphatic rings. The van der Waals surface area contributed by atoms with Gasteiger partial charge in [-0.15, -0.1) is 0 Å². The number of benzene rings is 2. The number of nitrogens with one attached hydrogen (secondary N) is 1. The van der Waals surface area contributed by atoms with Crippen LogP contribution in [-0.2, 0) is 20.8 Å². The predicted octanol–water partition coefficient (Wildman–Crippen LogP) is 2.99. The van der Waals surface area contributed by atoms with Crippen molar-refractivity contribution in [2.75, 3.05) is 0 Å². The van der Waals surface area contributed by atoms with Crippen LogP contribution in [0.4, 0.5) is 4.39 Å². The van der Waals surface area contributed by atoms with Crippen molar-refractivity contribution in [3.8, 4) is 11.3 Å². The van der Waals surface area contributed by atoms with E-state index in [2.05, 4.69) is 10.3 Å². The number of carbonyl (C=O) groups excluding carboxylic acids is 4. The summed E-state index contributed by atoms with van der Waals surface area (Å²) in [5, 5.41) is 2.60. The van der Waals surface area contributed by atoms with E-state index in [1.165, 1.54) is 12.1 Å². The molecule has 1 heterocycles. The molecular formula is C29H31FN4O4. The lowest BCUT2D eigenvalue weighted by Crippen LogP contribution is -2.63. The molecule has 1 aromatic heterocycles. The molecule has 5 N–H and O–H groups in total. The summed E-state index contributed by atoms with van der Waals surface area (Å²) < 4.78 is 13.2. The van der Waals surface area contributed by atoms with Crippen LogP contribution >= 0.6 is 0 Å². The number of aromatic nitrogens is 1. The second kappa shape index (κ2) is 12.4. The van der Waals surface area contributed by atoms with Gasteiger partial charge >= 0.3 is 0 Å². The Morgan fingerprint density at radius 2 is 1.66 bits per heavy atom. The Labute approximate surface area is 220 Å². The van der Waals surface area contributed by atoms with Crippen molar-refractivity contribution < 1.29 is 23.6 Å². The second-order valence-corrected chi connectivity index (χ2v) is 9.61. The summed E-state index contributed by atoms with van der Waals surface area (Å²) in [6.07, 6.45) is 0.954. The number of nitrogens with zero attached hydrogens (tertiary/aromatic N) is 1. The predicted molar refractivity (Wildman–Crippen MR) is 141 cm³/mol. The second-order valence-electron chi connectivity index (χ2n) is 9.61. The fourth-order valence-electron chi connectivity index (χ4n) is 3.87. The van der Waals surface area contributed by atoms with Crippen molar-refractivity contribution in [1.82, 2.24) is 10.3 Å². The van der Waals surface area contributed by atoms with Gasteiger partial charge in [0.2, 0.25) is 0 Å². The molecule has 38 heavy (non-hydrogen) atoms. The van der Waals surface area contributed by atoms with Crippen LogP contribution in [0.5, 0.6) is 0 Å². The minimum atomic E-state index is -2.39. The minimum absolute atomic E-state index is 0.00101. The Hall–Kier alpha value is -4.08. The molecule has 1 atom stereocenters. The summed E-state index contributed by atoms with van der Waals surface area (Å²) >= 11 is 0. The van der Waals surface area contributed by atoms with Gasteiger partial charge < -0.3 is 16.8 Å². The average Bonchev–Trinajstić information content (AvgIpc) is 2.89. The fraction of sp³-hybridized carbons (Fsp3) is 0.276. The first kappa shape index (κ1) is 28.5. The normalized spacial score (nSPS) is 12.2. The van der Waals surface area contributed by atoms with E-state index in [-0.39, 0.29) is 24.3 Å². The molecule has 0 fully saturated rings. The highest BCUT2D eigenvalue weighted by Crippen LogP contribution is 2.19. The van der Waals surface area contributed by atoms with E-state index in [0.29, 0.717) is 11.3 Å². The lowest BCUT2D eigenvalue weighted by molar-refractivity contribution is -0.136. The van der Waals surface area contributed by atoms with Gasteiger partial charge in [-0.05, 0) is 60.4 Å². The highest BCUT2D eigenvalue weighted by Gasteiger charge is 2.39. The summed E-state index contributed by atoms with van der Waals surface area (Å²) in [5.74, 6) is -3.41. The molecule has 0 unspecified atom stereocenters. The summed E-state index contributed by atoms with van der Waals surface area (Å²) in [5.41, 5.74) is 11.8. The third-order valence-electron chi connectivity index (χ3n) is 6.02. The molecule has 3 rings (SSSR count). The Bertz CT molecular complexity index is 1310. The first-order chi connectivity index (χ1) is 18.0. The molecule has 0 radical (unpaired) electrons. The van der Waals surface area contributed by atoms with E-state index >= 15 is 0 Å².